The maximum absolute atomic E-state index is 13.5. The van der Waals surface area contributed by atoms with Crippen LogP contribution in [0.25, 0.3) is 11.0 Å². The van der Waals surface area contributed by atoms with Gasteiger partial charge in [0.25, 0.3) is 5.56 Å². The molecule has 3 heterocycles. The van der Waals surface area contributed by atoms with E-state index >= 15 is 0 Å². The van der Waals surface area contributed by atoms with Gasteiger partial charge >= 0.3 is 0 Å². The van der Waals surface area contributed by atoms with E-state index in [0.29, 0.717) is 29.7 Å². The average molecular weight is 474 g/mol. The van der Waals surface area contributed by atoms with Gasteiger partial charge in [-0.1, -0.05) is 30.3 Å². The third-order valence-electron chi connectivity index (χ3n) is 6.05. The number of carbonyl (C=O) groups is 2. The highest BCUT2D eigenvalue weighted by atomic mass is 19.1. The lowest BCUT2D eigenvalue weighted by atomic mass is 10.1. The number of nitrogens with one attached hydrogen (secondary N) is 1. The molecule has 2 amide bonds. The van der Waals surface area contributed by atoms with Gasteiger partial charge in [-0.15, -0.1) is 0 Å². The van der Waals surface area contributed by atoms with E-state index in [9.17, 15) is 18.8 Å². The third kappa shape index (κ3) is 4.68. The summed E-state index contributed by atoms with van der Waals surface area (Å²) in [6.07, 6.45) is 3.02. The third-order valence-corrected chi connectivity index (χ3v) is 6.05. The molecule has 5 rings (SSSR count). The van der Waals surface area contributed by atoms with Crippen LogP contribution >= 0.6 is 0 Å². The quantitative estimate of drug-likeness (QED) is 0.441. The number of amides is 2. The molecule has 10 heteroatoms. The fourth-order valence-electron chi connectivity index (χ4n) is 4.28. The maximum Gasteiger partial charge on any atom is 0.264 e. The number of nitrogens with zero attached hydrogens (tertiary/aromatic N) is 5. The zero-order valence-corrected chi connectivity index (χ0v) is 18.8. The molecule has 2 aromatic carbocycles. The van der Waals surface area contributed by atoms with Crippen molar-refractivity contribution in [1.82, 2.24) is 24.6 Å². The van der Waals surface area contributed by atoms with Crippen molar-refractivity contribution in [1.29, 1.82) is 0 Å². The summed E-state index contributed by atoms with van der Waals surface area (Å²) in [4.78, 5) is 43.8. The van der Waals surface area contributed by atoms with Gasteiger partial charge in [0.1, 0.15) is 17.5 Å². The number of benzene rings is 2. The molecule has 1 saturated heterocycles. The molecule has 1 aliphatic heterocycles. The summed E-state index contributed by atoms with van der Waals surface area (Å²) in [6, 6.07) is 15.3. The van der Waals surface area contributed by atoms with Crippen LogP contribution in [0.5, 0.6) is 0 Å². The van der Waals surface area contributed by atoms with Crippen LogP contribution in [0.1, 0.15) is 12.0 Å². The van der Waals surface area contributed by atoms with E-state index < -0.39 is 5.92 Å². The van der Waals surface area contributed by atoms with Gasteiger partial charge in [-0.05, 0) is 29.8 Å². The number of anilines is 1. The molecule has 0 aliphatic carbocycles. The number of carbonyl (C=O) groups excluding carboxylic acids is 2. The highest BCUT2D eigenvalue weighted by molar-refractivity contribution is 6.00. The van der Waals surface area contributed by atoms with Crippen LogP contribution in [0.4, 0.5) is 10.1 Å². The van der Waals surface area contributed by atoms with Gasteiger partial charge in [-0.2, -0.15) is 5.10 Å². The zero-order chi connectivity index (χ0) is 24.4. The molecule has 0 radical (unpaired) electrons. The first-order chi connectivity index (χ1) is 17.0. The molecule has 1 unspecified atom stereocenters. The Morgan fingerprint density at radius 2 is 1.94 bits per heavy atom. The molecule has 0 saturated carbocycles. The minimum atomic E-state index is -0.426. The normalized spacial score (nSPS) is 15.6. The molecule has 4 aromatic rings. The molecule has 1 fully saturated rings. The first kappa shape index (κ1) is 22.5. The van der Waals surface area contributed by atoms with Crippen LogP contribution < -0.4 is 15.8 Å². The fourth-order valence-corrected chi connectivity index (χ4v) is 4.28. The van der Waals surface area contributed by atoms with E-state index in [1.165, 1.54) is 29.2 Å². The van der Waals surface area contributed by atoms with E-state index in [1.807, 2.05) is 30.3 Å². The largest absolute Gasteiger partial charge is 0.354 e. The topological polar surface area (TPSA) is 102 Å². The van der Waals surface area contributed by atoms with Crippen LogP contribution in [-0.4, -0.2) is 44.2 Å². The summed E-state index contributed by atoms with van der Waals surface area (Å²) in [6.45, 7) is 1.13. The van der Waals surface area contributed by atoms with Crippen LogP contribution in [0.15, 0.2) is 71.9 Å². The Morgan fingerprint density at radius 3 is 2.74 bits per heavy atom. The maximum atomic E-state index is 13.5. The van der Waals surface area contributed by atoms with Gasteiger partial charge in [0.15, 0.2) is 5.65 Å². The lowest BCUT2D eigenvalue weighted by Crippen LogP contribution is -2.35. The Hall–Kier alpha value is -4.34. The minimum Gasteiger partial charge on any atom is -0.354 e. The predicted octanol–water partition coefficient (Wildman–Crippen LogP) is 1.95. The smallest absolute Gasteiger partial charge is 0.264 e. The van der Waals surface area contributed by atoms with E-state index in [-0.39, 0.29) is 42.7 Å². The zero-order valence-electron chi connectivity index (χ0n) is 18.8. The van der Waals surface area contributed by atoms with Gasteiger partial charge in [0, 0.05) is 25.2 Å². The van der Waals surface area contributed by atoms with Gasteiger partial charge in [-0.3, -0.25) is 19.0 Å². The summed E-state index contributed by atoms with van der Waals surface area (Å²) in [5.41, 5.74) is 1.57. The Kier molecular flexibility index (Phi) is 6.09. The number of rotatable bonds is 7. The van der Waals surface area contributed by atoms with E-state index in [0.717, 1.165) is 5.69 Å². The molecule has 1 atom stereocenters. The van der Waals surface area contributed by atoms with E-state index in [1.54, 1.807) is 21.7 Å². The van der Waals surface area contributed by atoms with Crippen molar-refractivity contribution in [2.24, 2.45) is 5.92 Å². The second kappa shape index (κ2) is 9.49. The highest BCUT2D eigenvalue weighted by Crippen LogP contribution is 2.24. The number of para-hydroxylation sites is 1. The number of hydrogen-bond donors (Lipinski definition) is 1. The van der Waals surface area contributed by atoms with Crippen LogP contribution in [0, 0.1) is 11.7 Å². The summed E-state index contributed by atoms with van der Waals surface area (Å²) in [5, 5.41) is 7.45. The van der Waals surface area contributed by atoms with Crippen molar-refractivity contribution >= 4 is 28.5 Å². The Morgan fingerprint density at radius 1 is 1.11 bits per heavy atom. The molecule has 0 spiro atoms. The summed E-state index contributed by atoms with van der Waals surface area (Å²) in [5.74, 6) is -1.06. The average Bonchev–Trinajstić information content (AvgIpc) is 3.45. The van der Waals surface area contributed by atoms with Gasteiger partial charge in [-0.25, -0.2) is 14.1 Å². The molecular weight excluding hydrogens is 451 g/mol. The molecule has 178 valence electrons. The standard InChI is InChI=1S/C25H23FN6O3/c26-19-6-4-5-17(11-19)14-30-16-28-23-21(25(30)35)13-29-32(23)10-9-27-24(34)18-12-22(33)31(15-18)20-7-2-1-3-8-20/h1-8,11,13,16,18H,9-10,12,14-15H2,(H,27,34). The van der Waals surface area contributed by atoms with Crippen molar-refractivity contribution in [2.45, 2.75) is 19.5 Å². The van der Waals surface area contributed by atoms with Crippen molar-refractivity contribution in [2.75, 3.05) is 18.0 Å². The highest BCUT2D eigenvalue weighted by Gasteiger charge is 2.34. The van der Waals surface area contributed by atoms with Crippen LogP contribution in [0.3, 0.4) is 0 Å². The first-order valence-electron chi connectivity index (χ1n) is 11.3. The lowest BCUT2D eigenvalue weighted by molar-refractivity contribution is -0.126. The minimum absolute atomic E-state index is 0.0758. The van der Waals surface area contributed by atoms with Gasteiger partial charge in [0.2, 0.25) is 11.8 Å². The lowest BCUT2D eigenvalue weighted by Gasteiger charge is -2.16. The second-order valence-electron chi connectivity index (χ2n) is 8.44. The van der Waals surface area contributed by atoms with Gasteiger partial charge < -0.3 is 10.2 Å². The van der Waals surface area contributed by atoms with E-state index in [2.05, 4.69) is 15.4 Å². The molecule has 9 nitrogen and oxygen atoms in total. The number of hydrogen-bond acceptors (Lipinski definition) is 5. The number of aromatic nitrogens is 4. The number of fused-ring (bicyclic) bond motifs is 1. The summed E-state index contributed by atoms with van der Waals surface area (Å²) in [7, 11) is 0. The predicted molar refractivity (Wildman–Crippen MR) is 127 cm³/mol. The summed E-state index contributed by atoms with van der Waals surface area (Å²) < 4.78 is 16.4. The monoisotopic (exact) mass is 474 g/mol. The molecule has 0 bridgehead atoms. The van der Waals surface area contributed by atoms with Crippen molar-refractivity contribution in [3.8, 4) is 0 Å². The Labute approximate surface area is 199 Å². The molecular formula is C25H23FN6O3. The van der Waals surface area contributed by atoms with Crippen LogP contribution in [0.2, 0.25) is 0 Å². The van der Waals surface area contributed by atoms with Crippen LogP contribution in [-0.2, 0) is 22.7 Å². The Bertz CT molecular complexity index is 1450. The number of halogens is 1. The van der Waals surface area contributed by atoms with E-state index in [4.69, 9.17) is 0 Å². The van der Waals surface area contributed by atoms with Crippen molar-refractivity contribution in [3.05, 3.63) is 88.9 Å². The van der Waals surface area contributed by atoms with Crippen molar-refractivity contribution < 1.29 is 14.0 Å². The Balaban J connectivity index is 1.21. The van der Waals surface area contributed by atoms with Gasteiger partial charge in [0.05, 0.1) is 25.2 Å². The molecule has 2 aromatic heterocycles. The molecule has 1 aliphatic rings. The summed E-state index contributed by atoms with van der Waals surface area (Å²) >= 11 is 0. The molecule has 1 N–H and O–H groups in total. The first-order valence-corrected chi connectivity index (χ1v) is 11.3. The van der Waals surface area contributed by atoms with Crippen molar-refractivity contribution in [3.63, 3.8) is 0 Å². The fraction of sp³-hybridized carbons (Fsp3) is 0.240. The SMILES string of the molecule is O=C(NCCn1ncc2c(=O)n(Cc3cccc(F)c3)cnc21)C1CC(=O)N(c2ccccc2)C1. The molecule has 35 heavy (non-hydrogen) atoms. The second-order valence-corrected chi connectivity index (χ2v) is 8.44.